The van der Waals surface area contributed by atoms with E-state index < -0.39 is 0 Å². The predicted octanol–water partition coefficient (Wildman–Crippen LogP) is 0.199. The third-order valence-electron chi connectivity index (χ3n) is 2.21. The summed E-state index contributed by atoms with van der Waals surface area (Å²) < 4.78 is 10.2. The van der Waals surface area contributed by atoms with Gasteiger partial charge in [-0.15, -0.1) is 0 Å². The molecule has 73 valence electrons. The fraction of sp³-hybridized carbons (Fsp3) is 0.375. The van der Waals surface area contributed by atoms with E-state index >= 15 is 0 Å². The van der Waals surface area contributed by atoms with E-state index in [4.69, 9.17) is 9.31 Å². The van der Waals surface area contributed by atoms with Crippen LogP contribution in [-0.4, -0.2) is 36.1 Å². The molecule has 0 aromatic carbocycles. The van der Waals surface area contributed by atoms with Crippen LogP contribution in [-0.2, 0) is 9.31 Å². The molecule has 1 aromatic rings. The van der Waals surface area contributed by atoms with Gasteiger partial charge in [0.2, 0.25) is 0 Å². The Hall–Kier alpha value is -1.36. The normalized spacial score (nSPS) is 24.8. The summed E-state index contributed by atoms with van der Waals surface area (Å²) in [5.41, 5.74) is 1.82. The molecule has 0 N–H and O–H groups in total. The molecule has 5 nitrogen and oxygen atoms in total. The summed E-state index contributed by atoms with van der Waals surface area (Å²) >= 11 is 0. The smallest absolute Gasteiger partial charge is 0.474 e. The molecular formula is C8H8B2N3O2. The third-order valence-corrected chi connectivity index (χ3v) is 2.21. The van der Waals surface area contributed by atoms with Crippen LogP contribution in [0.1, 0.15) is 11.4 Å². The predicted molar refractivity (Wildman–Crippen MR) is 56.1 cm³/mol. The highest BCUT2D eigenvalue weighted by molar-refractivity contribution is 7.04. The van der Waals surface area contributed by atoms with Gasteiger partial charge in [0.05, 0.1) is 5.90 Å². The van der Waals surface area contributed by atoms with Gasteiger partial charge in [-0.05, 0) is 19.9 Å². The molecule has 0 saturated carbocycles. The maximum Gasteiger partial charge on any atom is 0.474 e. The van der Waals surface area contributed by atoms with E-state index in [1.807, 2.05) is 19.9 Å². The topological polar surface area (TPSA) is 63.2 Å². The molecule has 2 aliphatic rings. The molecule has 2 aliphatic heterocycles. The van der Waals surface area contributed by atoms with Crippen LogP contribution in [0.5, 0.6) is 0 Å². The number of aryl methyl sites for hydroxylation is 2. The van der Waals surface area contributed by atoms with Crippen LogP contribution >= 0.6 is 0 Å². The summed E-state index contributed by atoms with van der Waals surface area (Å²) in [6.07, 6.45) is 0. The second-order valence-corrected chi connectivity index (χ2v) is 3.68. The van der Waals surface area contributed by atoms with Crippen molar-refractivity contribution in [3.05, 3.63) is 17.5 Å². The summed E-state index contributed by atoms with van der Waals surface area (Å²) in [4.78, 5) is 12.6. The van der Waals surface area contributed by atoms with Gasteiger partial charge < -0.3 is 9.31 Å². The average molecular weight is 200 g/mol. The van der Waals surface area contributed by atoms with Gasteiger partial charge in [0.15, 0.2) is 5.80 Å². The summed E-state index contributed by atoms with van der Waals surface area (Å²) in [5.74, 6) is 1.22. The van der Waals surface area contributed by atoms with Gasteiger partial charge >= 0.3 is 14.4 Å². The van der Waals surface area contributed by atoms with Gasteiger partial charge in [0.1, 0.15) is 0 Å². The highest BCUT2D eigenvalue weighted by Crippen LogP contribution is 2.25. The van der Waals surface area contributed by atoms with Crippen LogP contribution in [0, 0.1) is 13.8 Å². The van der Waals surface area contributed by atoms with Gasteiger partial charge in [0.25, 0.3) is 5.95 Å². The molecule has 3 rings (SSSR count). The second-order valence-electron chi connectivity index (χ2n) is 3.68. The number of hydrogen-bond acceptors (Lipinski definition) is 5. The second kappa shape index (κ2) is 3.06. The molecule has 1 unspecified atom stereocenters. The molecule has 0 spiro atoms. The zero-order chi connectivity index (χ0) is 10.4. The monoisotopic (exact) mass is 200 g/mol. The van der Waals surface area contributed by atoms with Gasteiger partial charge in [-0.1, -0.05) is 0 Å². The quantitative estimate of drug-likeness (QED) is 0.505. The minimum absolute atomic E-state index is 0.00517. The van der Waals surface area contributed by atoms with Crippen molar-refractivity contribution in [3.8, 4) is 0 Å². The van der Waals surface area contributed by atoms with Crippen LogP contribution in [0.2, 0.25) is 0 Å². The Morgan fingerprint density at radius 2 is 2.07 bits per heavy atom. The first-order valence-electron chi connectivity index (χ1n) is 4.79. The van der Waals surface area contributed by atoms with Crippen molar-refractivity contribution in [2.45, 2.75) is 19.8 Å². The largest absolute Gasteiger partial charge is 0.544 e. The molecule has 15 heavy (non-hydrogen) atoms. The van der Waals surface area contributed by atoms with Crippen molar-refractivity contribution in [1.82, 2.24) is 9.97 Å². The highest BCUT2D eigenvalue weighted by atomic mass is 16.6. The number of aliphatic imine (C=N–C) groups is 1. The maximum absolute atomic E-state index is 5.24. The summed E-state index contributed by atoms with van der Waals surface area (Å²) in [6, 6.07) is 1.91. The molecule has 7 heteroatoms. The van der Waals surface area contributed by atoms with E-state index in [0.29, 0.717) is 11.7 Å². The van der Waals surface area contributed by atoms with E-state index in [9.17, 15) is 0 Å². The fourth-order valence-corrected chi connectivity index (χ4v) is 1.44. The first-order chi connectivity index (χ1) is 7.22. The number of aromatic nitrogens is 2. The minimum atomic E-state index is -0.00517. The lowest BCUT2D eigenvalue weighted by atomic mass is 9.65. The Kier molecular flexibility index (Phi) is 1.82. The van der Waals surface area contributed by atoms with Crippen LogP contribution < -0.4 is 0 Å². The van der Waals surface area contributed by atoms with E-state index in [1.54, 1.807) is 7.48 Å². The molecule has 1 aromatic heterocycles. The molecule has 2 saturated heterocycles. The standard InChI is InChI=1S/C8H8B2N3O2/c1-4-3-5(2)12-8(11-4)13-7-10(15-7)6-9-14-6/h3,6H,1-2H3. The Morgan fingerprint density at radius 1 is 1.40 bits per heavy atom. The number of nitrogens with zero attached hydrogens (tertiary/aromatic N) is 3. The van der Waals surface area contributed by atoms with Gasteiger partial charge in [-0.25, -0.2) is 9.97 Å². The highest BCUT2D eigenvalue weighted by Gasteiger charge is 2.57. The molecule has 0 aliphatic carbocycles. The fourth-order valence-electron chi connectivity index (χ4n) is 1.44. The zero-order valence-electron chi connectivity index (χ0n) is 8.47. The Morgan fingerprint density at radius 3 is 2.67 bits per heavy atom. The molecular weight excluding hydrogens is 192 g/mol. The van der Waals surface area contributed by atoms with Crippen LogP contribution in [0.4, 0.5) is 5.95 Å². The molecule has 1 atom stereocenters. The summed E-state index contributed by atoms with van der Waals surface area (Å²) in [5, 5.41) is 0. The van der Waals surface area contributed by atoms with Crippen molar-refractivity contribution < 1.29 is 9.31 Å². The van der Waals surface area contributed by atoms with Crippen molar-refractivity contribution in [2.75, 3.05) is 0 Å². The van der Waals surface area contributed by atoms with Gasteiger partial charge in [0, 0.05) is 11.4 Å². The van der Waals surface area contributed by atoms with E-state index in [0.717, 1.165) is 11.4 Å². The van der Waals surface area contributed by atoms with E-state index in [1.165, 1.54) is 0 Å². The summed E-state index contributed by atoms with van der Waals surface area (Å²) in [7, 11) is 1.73. The van der Waals surface area contributed by atoms with Crippen LogP contribution in [0.15, 0.2) is 11.1 Å². The van der Waals surface area contributed by atoms with Crippen LogP contribution in [0.3, 0.4) is 0 Å². The molecule has 1 radical (unpaired) electrons. The molecule has 0 bridgehead atoms. The van der Waals surface area contributed by atoms with Crippen molar-refractivity contribution in [2.24, 2.45) is 4.99 Å². The van der Waals surface area contributed by atoms with Gasteiger partial charge in [-0.3, -0.25) is 0 Å². The Labute approximate surface area is 88.3 Å². The van der Waals surface area contributed by atoms with Crippen LogP contribution in [0.25, 0.3) is 0 Å². The summed E-state index contributed by atoms with van der Waals surface area (Å²) in [6.45, 7) is 3.83. The minimum Gasteiger partial charge on any atom is -0.544 e. The molecule has 3 heterocycles. The van der Waals surface area contributed by atoms with Crippen molar-refractivity contribution in [1.29, 1.82) is 0 Å². The van der Waals surface area contributed by atoms with E-state index in [2.05, 4.69) is 15.0 Å². The van der Waals surface area contributed by atoms with Crippen molar-refractivity contribution in [3.63, 3.8) is 0 Å². The third kappa shape index (κ3) is 1.87. The molecule has 0 amide bonds. The first kappa shape index (κ1) is 8.91. The zero-order valence-corrected chi connectivity index (χ0v) is 8.47. The Bertz CT molecular complexity index is 427. The Balaban J connectivity index is 1.82. The number of rotatable bonds is 2. The van der Waals surface area contributed by atoms with Gasteiger partial charge in [-0.2, -0.15) is 4.99 Å². The maximum atomic E-state index is 5.24. The molecule has 2 fully saturated rings. The lowest BCUT2D eigenvalue weighted by Gasteiger charge is -1.95. The first-order valence-corrected chi connectivity index (χ1v) is 4.79. The number of hydrogen-bond donors (Lipinski definition) is 0. The van der Waals surface area contributed by atoms with E-state index in [-0.39, 0.29) is 12.8 Å². The SMILES string of the molecule is Cc1cc(C)nc(N=C2OB2C2[B]O2)n1. The lowest BCUT2D eigenvalue weighted by molar-refractivity contribution is 0.513. The van der Waals surface area contributed by atoms with Crippen molar-refractivity contribution >= 4 is 26.1 Å². The lowest BCUT2D eigenvalue weighted by Crippen LogP contribution is -2.04. The average Bonchev–Trinajstić information content (AvgIpc) is 2.93.